The molecule has 2 N–H and O–H groups in total. The van der Waals surface area contributed by atoms with Crippen molar-refractivity contribution in [1.82, 2.24) is 0 Å². The molecule has 0 saturated heterocycles. The molecule has 6 heteroatoms. The first-order valence-corrected chi connectivity index (χ1v) is 8.35. The molecule has 1 unspecified atom stereocenters. The largest absolute Gasteiger partial charge is 0.497 e. The van der Waals surface area contributed by atoms with Crippen molar-refractivity contribution in [3.8, 4) is 5.75 Å². The van der Waals surface area contributed by atoms with E-state index in [1.54, 1.807) is 13.2 Å². The zero-order valence-corrected chi connectivity index (χ0v) is 15.5. The maximum atomic E-state index is 12.3. The number of benzene rings is 2. The third-order valence-electron chi connectivity index (χ3n) is 3.68. The summed E-state index contributed by atoms with van der Waals surface area (Å²) >= 11 is 12.3. The Hall–Kier alpha value is -1.75. The molecule has 0 aliphatic heterocycles. The van der Waals surface area contributed by atoms with E-state index in [0.29, 0.717) is 22.3 Å². The van der Waals surface area contributed by atoms with Gasteiger partial charge in [-0.2, -0.15) is 0 Å². The number of likely N-dealkylation sites (N-methyl/N-ethyl adjacent to an activating group) is 1. The van der Waals surface area contributed by atoms with Crippen LogP contribution in [0.3, 0.4) is 0 Å². The molecule has 1 amide bonds. The second-order valence-corrected chi connectivity index (χ2v) is 6.55. The summed E-state index contributed by atoms with van der Waals surface area (Å²) in [6, 6.07) is 11.4. The molecular weight excluding hydrogens is 347 g/mol. The Morgan fingerprint density at radius 2 is 1.83 bits per heavy atom. The highest BCUT2D eigenvalue weighted by molar-refractivity contribution is 6.40. The summed E-state index contributed by atoms with van der Waals surface area (Å²) in [7, 11) is 3.60. The summed E-state index contributed by atoms with van der Waals surface area (Å²) in [4.78, 5) is 13.3. The van der Waals surface area contributed by atoms with Crippen molar-refractivity contribution < 1.29 is 14.4 Å². The lowest BCUT2D eigenvalue weighted by Gasteiger charge is -2.15. The van der Waals surface area contributed by atoms with E-state index in [0.717, 1.165) is 28.3 Å². The van der Waals surface area contributed by atoms with Crippen LogP contribution in [0.5, 0.6) is 5.75 Å². The molecule has 1 atom stereocenters. The lowest BCUT2D eigenvalue weighted by atomic mass is 10.2. The van der Waals surface area contributed by atoms with E-state index < -0.39 is 0 Å². The molecule has 0 aromatic heterocycles. The van der Waals surface area contributed by atoms with Gasteiger partial charge in [-0.25, -0.2) is 0 Å². The van der Waals surface area contributed by atoms with Crippen molar-refractivity contribution >= 4 is 34.8 Å². The van der Waals surface area contributed by atoms with E-state index in [-0.39, 0.29) is 5.91 Å². The van der Waals surface area contributed by atoms with Gasteiger partial charge in [0.25, 0.3) is 5.91 Å². The van der Waals surface area contributed by atoms with Gasteiger partial charge in [0.2, 0.25) is 0 Å². The van der Waals surface area contributed by atoms with E-state index in [1.807, 2.05) is 44.3 Å². The van der Waals surface area contributed by atoms with Crippen molar-refractivity contribution in [3.63, 3.8) is 0 Å². The van der Waals surface area contributed by atoms with Crippen molar-refractivity contribution in [2.45, 2.75) is 13.5 Å². The van der Waals surface area contributed by atoms with E-state index in [2.05, 4.69) is 5.32 Å². The maximum Gasteiger partial charge on any atom is 0.279 e. The van der Waals surface area contributed by atoms with Gasteiger partial charge in [0, 0.05) is 5.56 Å². The van der Waals surface area contributed by atoms with Gasteiger partial charge in [-0.05, 0) is 42.8 Å². The normalized spacial score (nSPS) is 11.9. The van der Waals surface area contributed by atoms with Crippen LogP contribution < -0.4 is 15.0 Å². The van der Waals surface area contributed by atoms with Crippen LogP contribution in [0.15, 0.2) is 36.4 Å². The van der Waals surface area contributed by atoms with Gasteiger partial charge in [0.05, 0.1) is 29.9 Å². The topological polar surface area (TPSA) is 42.8 Å². The second kappa shape index (κ2) is 8.38. The molecule has 0 fully saturated rings. The minimum Gasteiger partial charge on any atom is -0.497 e. The minimum atomic E-state index is -0.129. The Morgan fingerprint density at radius 3 is 2.46 bits per heavy atom. The fraction of sp³-hybridized carbons (Fsp3) is 0.278. The van der Waals surface area contributed by atoms with Gasteiger partial charge >= 0.3 is 0 Å². The number of methoxy groups -OCH3 is 1. The Labute approximate surface area is 152 Å². The zero-order valence-electron chi connectivity index (χ0n) is 14.0. The molecule has 0 saturated carbocycles. The monoisotopic (exact) mass is 367 g/mol. The standard InChI is InChI=1S/C18H20Cl2N2O2/c1-12-4-9-15(19)18(17(12)20)21-16(23)11-22(2)10-13-5-7-14(24-3)8-6-13/h4-9H,10-11H2,1-3H3,(H,21,23)/p+1. The van der Waals surface area contributed by atoms with Gasteiger partial charge in [-0.3, -0.25) is 4.79 Å². The molecule has 4 nitrogen and oxygen atoms in total. The summed E-state index contributed by atoms with van der Waals surface area (Å²) in [5.74, 6) is 0.688. The smallest absolute Gasteiger partial charge is 0.279 e. The SMILES string of the molecule is COc1ccc(C[NH+](C)CC(=O)Nc2c(Cl)ccc(C)c2Cl)cc1. The van der Waals surface area contributed by atoms with E-state index in [4.69, 9.17) is 27.9 Å². The number of hydrogen-bond acceptors (Lipinski definition) is 2. The molecule has 2 aromatic rings. The summed E-state index contributed by atoms with van der Waals surface area (Å²) in [6.45, 7) is 2.91. The van der Waals surface area contributed by atoms with Crippen LogP contribution in [0.1, 0.15) is 11.1 Å². The highest BCUT2D eigenvalue weighted by Crippen LogP contribution is 2.32. The van der Waals surface area contributed by atoms with Gasteiger partial charge in [0.1, 0.15) is 12.3 Å². The molecular formula is C18H21Cl2N2O2+. The molecule has 2 rings (SSSR count). The van der Waals surface area contributed by atoms with Crippen LogP contribution in [0.25, 0.3) is 0 Å². The van der Waals surface area contributed by atoms with Crippen LogP contribution in [0, 0.1) is 6.92 Å². The molecule has 0 spiro atoms. The van der Waals surface area contributed by atoms with Crippen LogP contribution in [-0.4, -0.2) is 26.6 Å². The highest BCUT2D eigenvalue weighted by atomic mass is 35.5. The molecule has 0 bridgehead atoms. The number of quaternary nitrogens is 1. The predicted octanol–water partition coefficient (Wildman–Crippen LogP) is 2.96. The van der Waals surface area contributed by atoms with Crippen LogP contribution in [0.4, 0.5) is 5.69 Å². The highest BCUT2D eigenvalue weighted by Gasteiger charge is 2.15. The Morgan fingerprint density at radius 1 is 1.17 bits per heavy atom. The Balaban J connectivity index is 1.95. The summed E-state index contributed by atoms with van der Waals surface area (Å²) < 4.78 is 5.14. The number of carbonyl (C=O) groups is 1. The Kier molecular flexibility index (Phi) is 6.49. The average Bonchev–Trinajstić information content (AvgIpc) is 2.55. The lowest BCUT2D eigenvalue weighted by Crippen LogP contribution is -3.08. The maximum absolute atomic E-state index is 12.3. The third-order valence-corrected chi connectivity index (χ3v) is 4.48. The number of rotatable bonds is 6. The number of amides is 1. The number of hydrogen-bond donors (Lipinski definition) is 2. The van der Waals surface area contributed by atoms with Crippen molar-refractivity contribution in [3.05, 3.63) is 57.6 Å². The quantitative estimate of drug-likeness (QED) is 0.823. The van der Waals surface area contributed by atoms with Crippen LogP contribution in [0.2, 0.25) is 10.0 Å². The van der Waals surface area contributed by atoms with Crippen molar-refractivity contribution in [2.75, 3.05) is 26.0 Å². The van der Waals surface area contributed by atoms with E-state index in [1.165, 1.54) is 0 Å². The molecule has 2 aromatic carbocycles. The number of aryl methyl sites for hydroxylation is 1. The average molecular weight is 368 g/mol. The Bertz CT molecular complexity index is 718. The fourth-order valence-electron chi connectivity index (χ4n) is 2.38. The van der Waals surface area contributed by atoms with Gasteiger partial charge in [-0.1, -0.05) is 29.3 Å². The van der Waals surface area contributed by atoms with Gasteiger partial charge < -0.3 is 15.0 Å². The summed E-state index contributed by atoms with van der Waals surface area (Å²) in [5.41, 5.74) is 2.48. The molecule has 24 heavy (non-hydrogen) atoms. The van der Waals surface area contributed by atoms with E-state index in [9.17, 15) is 4.79 Å². The van der Waals surface area contributed by atoms with Crippen molar-refractivity contribution in [1.29, 1.82) is 0 Å². The first-order valence-electron chi connectivity index (χ1n) is 7.59. The van der Waals surface area contributed by atoms with Crippen molar-refractivity contribution in [2.24, 2.45) is 0 Å². The zero-order chi connectivity index (χ0) is 17.7. The molecule has 0 aliphatic carbocycles. The number of nitrogens with one attached hydrogen (secondary N) is 2. The summed E-state index contributed by atoms with van der Waals surface area (Å²) in [6.07, 6.45) is 0. The number of ether oxygens (including phenoxy) is 1. The number of carbonyl (C=O) groups excluding carboxylic acids is 1. The lowest BCUT2D eigenvalue weighted by molar-refractivity contribution is -0.885. The number of halogens is 2. The molecule has 128 valence electrons. The second-order valence-electron chi connectivity index (χ2n) is 5.76. The van der Waals surface area contributed by atoms with E-state index >= 15 is 0 Å². The fourth-order valence-corrected chi connectivity index (χ4v) is 2.85. The van der Waals surface area contributed by atoms with Crippen LogP contribution >= 0.6 is 23.2 Å². The summed E-state index contributed by atoms with van der Waals surface area (Å²) in [5, 5.41) is 3.72. The number of anilines is 1. The minimum absolute atomic E-state index is 0.129. The first-order chi connectivity index (χ1) is 11.4. The van der Waals surface area contributed by atoms with Crippen LogP contribution in [-0.2, 0) is 11.3 Å². The first kappa shape index (κ1) is 18.6. The van der Waals surface area contributed by atoms with Gasteiger partial charge in [-0.15, -0.1) is 0 Å². The third kappa shape index (κ3) is 4.87. The molecule has 0 radical (unpaired) electrons. The molecule has 0 aliphatic rings. The predicted molar refractivity (Wildman–Crippen MR) is 98.3 cm³/mol. The van der Waals surface area contributed by atoms with Gasteiger partial charge in [0.15, 0.2) is 6.54 Å². The molecule has 0 heterocycles.